The molecule has 0 saturated heterocycles. The molecule has 0 bridgehead atoms. The van der Waals surface area contributed by atoms with Crippen LogP contribution in [0.5, 0.6) is 0 Å². The molecule has 0 aliphatic carbocycles. The molecule has 1 atom stereocenters. The molecule has 8 nitrogen and oxygen atoms in total. The number of ether oxygens (including phenoxy) is 1. The highest BCUT2D eigenvalue weighted by atomic mass is 16.5. The summed E-state index contributed by atoms with van der Waals surface area (Å²) in [6, 6.07) is 5.93. The summed E-state index contributed by atoms with van der Waals surface area (Å²) in [6.45, 7) is 1.25. The fourth-order valence-electron chi connectivity index (χ4n) is 1.47. The van der Waals surface area contributed by atoms with Crippen molar-refractivity contribution in [3.63, 3.8) is 0 Å². The van der Waals surface area contributed by atoms with E-state index in [1.54, 1.807) is 24.3 Å². The molecule has 4 N–H and O–H groups in total. The third-order valence-electron chi connectivity index (χ3n) is 2.47. The summed E-state index contributed by atoms with van der Waals surface area (Å²) >= 11 is 0. The summed E-state index contributed by atoms with van der Waals surface area (Å²) in [4.78, 5) is 33.1. The highest BCUT2D eigenvalue weighted by Gasteiger charge is 2.16. The summed E-state index contributed by atoms with van der Waals surface area (Å²) in [6.07, 6.45) is -1.10. The van der Waals surface area contributed by atoms with E-state index in [-0.39, 0.29) is 12.5 Å². The lowest BCUT2D eigenvalue weighted by atomic mass is 10.3. The molecule has 0 aromatic heterocycles. The minimum absolute atomic E-state index is 0.151. The average molecular weight is 295 g/mol. The van der Waals surface area contributed by atoms with Gasteiger partial charge in [-0.1, -0.05) is 0 Å². The molecule has 114 valence electrons. The highest BCUT2D eigenvalue weighted by molar-refractivity contribution is 5.91. The van der Waals surface area contributed by atoms with Crippen molar-refractivity contribution in [2.24, 2.45) is 0 Å². The number of carboxylic acid groups (broad SMARTS) is 1. The number of rotatable bonds is 6. The third-order valence-corrected chi connectivity index (χ3v) is 2.47. The Morgan fingerprint density at radius 2 is 1.67 bits per heavy atom. The molecule has 0 fully saturated rings. The molecule has 0 saturated carbocycles. The van der Waals surface area contributed by atoms with Crippen molar-refractivity contribution < 1.29 is 24.2 Å². The van der Waals surface area contributed by atoms with Gasteiger partial charge in [0.05, 0.1) is 6.54 Å². The number of urea groups is 1. The number of hydrogen-bond acceptors (Lipinski definition) is 4. The van der Waals surface area contributed by atoms with E-state index >= 15 is 0 Å². The third kappa shape index (κ3) is 5.91. The van der Waals surface area contributed by atoms with Gasteiger partial charge in [0.1, 0.15) is 0 Å². The first-order valence-electron chi connectivity index (χ1n) is 6.10. The van der Waals surface area contributed by atoms with E-state index in [0.717, 1.165) is 0 Å². The van der Waals surface area contributed by atoms with E-state index in [4.69, 9.17) is 5.11 Å². The van der Waals surface area contributed by atoms with Crippen LogP contribution >= 0.6 is 0 Å². The Hall–Kier alpha value is -2.61. The van der Waals surface area contributed by atoms with Crippen molar-refractivity contribution >= 4 is 29.3 Å². The van der Waals surface area contributed by atoms with Crippen LogP contribution in [0, 0.1) is 0 Å². The number of aliphatic carboxylic acids is 1. The van der Waals surface area contributed by atoms with Gasteiger partial charge in [0.25, 0.3) is 0 Å². The maximum absolute atomic E-state index is 11.6. The van der Waals surface area contributed by atoms with Gasteiger partial charge in [0.15, 0.2) is 6.10 Å². The lowest BCUT2D eigenvalue weighted by molar-refractivity contribution is -0.148. The Morgan fingerprint density at radius 1 is 1.14 bits per heavy atom. The predicted molar refractivity (Wildman–Crippen MR) is 76.2 cm³/mol. The van der Waals surface area contributed by atoms with Crippen LogP contribution in [0.1, 0.15) is 6.92 Å². The number of methoxy groups -OCH3 is 1. The number of amides is 3. The maximum Gasteiger partial charge on any atom is 0.334 e. The Labute approximate surface area is 121 Å². The first kappa shape index (κ1) is 16.4. The van der Waals surface area contributed by atoms with Crippen LogP contribution in [0.25, 0.3) is 0 Å². The van der Waals surface area contributed by atoms with Gasteiger partial charge in [0, 0.05) is 25.4 Å². The van der Waals surface area contributed by atoms with Crippen molar-refractivity contribution in [3.8, 4) is 0 Å². The molecular formula is C13H17N3O5. The van der Waals surface area contributed by atoms with Crippen molar-refractivity contribution in [1.29, 1.82) is 0 Å². The minimum Gasteiger partial charge on any atom is -0.479 e. The molecule has 8 heteroatoms. The first-order chi connectivity index (χ1) is 9.92. The topological polar surface area (TPSA) is 117 Å². The number of benzene rings is 1. The fraction of sp³-hybridized carbons (Fsp3) is 0.308. The second-order valence-electron chi connectivity index (χ2n) is 4.16. The first-order valence-corrected chi connectivity index (χ1v) is 6.10. The van der Waals surface area contributed by atoms with Crippen LogP contribution in [0.15, 0.2) is 24.3 Å². The molecule has 1 rings (SSSR count). The molecule has 1 aromatic rings. The lowest BCUT2D eigenvalue weighted by Crippen LogP contribution is -2.39. The molecule has 0 aliphatic rings. The van der Waals surface area contributed by atoms with Gasteiger partial charge in [-0.25, -0.2) is 9.59 Å². The Balaban J connectivity index is 2.47. The van der Waals surface area contributed by atoms with Crippen molar-refractivity contribution in [2.75, 3.05) is 24.3 Å². The Kier molecular flexibility index (Phi) is 6.15. The second kappa shape index (κ2) is 7.85. The standard InChI is InChI=1S/C13H17N3O5/c1-8(17)15-9-3-5-10(6-4-9)16-13(20)14-7-11(21-2)12(18)19/h3-6,11H,7H2,1-2H3,(H,15,17)(H,18,19)(H2,14,16,20). The van der Waals surface area contributed by atoms with Gasteiger partial charge < -0.3 is 25.8 Å². The number of carboxylic acids is 1. The summed E-state index contributed by atoms with van der Waals surface area (Å²) in [5.41, 5.74) is 1.12. The summed E-state index contributed by atoms with van der Waals surface area (Å²) < 4.78 is 4.68. The Bertz CT molecular complexity index is 515. The van der Waals surface area contributed by atoms with Crippen LogP contribution < -0.4 is 16.0 Å². The van der Waals surface area contributed by atoms with Crippen LogP contribution in [-0.4, -0.2) is 42.8 Å². The van der Waals surface area contributed by atoms with E-state index < -0.39 is 18.1 Å². The number of anilines is 2. The average Bonchev–Trinajstić information content (AvgIpc) is 2.40. The van der Waals surface area contributed by atoms with E-state index in [1.165, 1.54) is 14.0 Å². The molecular weight excluding hydrogens is 278 g/mol. The smallest absolute Gasteiger partial charge is 0.334 e. The van der Waals surface area contributed by atoms with Gasteiger partial charge in [0.2, 0.25) is 5.91 Å². The normalized spacial score (nSPS) is 11.3. The van der Waals surface area contributed by atoms with Gasteiger partial charge in [-0.3, -0.25) is 4.79 Å². The van der Waals surface area contributed by atoms with Gasteiger partial charge in [-0.2, -0.15) is 0 Å². The van der Waals surface area contributed by atoms with Gasteiger partial charge >= 0.3 is 12.0 Å². The zero-order valence-corrected chi connectivity index (χ0v) is 11.7. The zero-order valence-electron chi connectivity index (χ0n) is 11.7. The minimum atomic E-state index is -1.16. The number of carbonyl (C=O) groups is 3. The predicted octanol–water partition coefficient (Wildman–Crippen LogP) is 0.866. The number of hydrogen-bond donors (Lipinski definition) is 4. The quantitative estimate of drug-likeness (QED) is 0.621. The van der Waals surface area contributed by atoms with Crippen LogP contribution in [-0.2, 0) is 14.3 Å². The monoisotopic (exact) mass is 295 g/mol. The number of carbonyl (C=O) groups excluding carboxylic acids is 2. The summed E-state index contributed by atoms with van der Waals surface area (Å²) in [5.74, 6) is -1.34. The largest absolute Gasteiger partial charge is 0.479 e. The van der Waals surface area contributed by atoms with E-state index in [2.05, 4.69) is 20.7 Å². The highest BCUT2D eigenvalue weighted by Crippen LogP contribution is 2.13. The molecule has 1 unspecified atom stereocenters. The maximum atomic E-state index is 11.6. The van der Waals surface area contributed by atoms with Gasteiger partial charge in [-0.15, -0.1) is 0 Å². The van der Waals surface area contributed by atoms with E-state index in [0.29, 0.717) is 11.4 Å². The summed E-state index contributed by atoms with van der Waals surface area (Å²) in [7, 11) is 1.25. The van der Waals surface area contributed by atoms with Crippen LogP contribution in [0.4, 0.5) is 16.2 Å². The van der Waals surface area contributed by atoms with E-state index in [1.807, 2.05) is 0 Å². The van der Waals surface area contributed by atoms with E-state index in [9.17, 15) is 14.4 Å². The fourth-order valence-corrected chi connectivity index (χ4v) is 1.47. The van der Waals surface area contributed by atoms with Crippen LogP contribution in [0.3, 0.4) is 0 Å². The molecule has 21 heavy (non-hydrogen) atoms. The Morgan fingerprint density at radius 3 is 2.10 bits per heavy atom. The van der Waals surface area contributed by atoms with Crippen LogP contribution in [0.2, 0.25) is 0 Å². The second-order valence-corrected chi connectivity index (χ2v) is 4.16. The SMILES string of the molecule is COC(CNC(=O)Nc1ccc(NC(C)=O)cc1)C(=O)O. The van der Waals surface area contributed by atoms with Crippen molar-refractivity contribution in [1.82, 2.24) is 5.32 Å². The molecule has 0 heterocycles. The lowest BCUT2D eigenvalue weighted by Gasteiger charge is -2.12. The molecule has 1 aromatic carbocycles. The molecule has 0 radical (unpaired) electrons. The molecule has 0 spiro atoms. The number of nitrogens with one attached hydrogen (secondary N) is 3. The van der Waals surface area contributed by atoms with Gasteiger partial charge in [-0.05, 0) is 24.3 Å². The molecule has 3 amide bonds. The zero-order chi connectivity index (χ0) is 15.8. The van der Waals surface area contributed by atoms with Crippen molar-refractivity contribution in [3.05, 3.63) is 24.3 Å². The summed E-state index contributed by atoms with van der Waals surface area (Å²) in [5, 5.41) is 16.3. The van der Waals surface area contributed by atoms with Crippen molar-refractivity contribution in [2.45, 2.75) is 13.0 Å². The molecule has 0 aliphatic heterocycles.